The van der Waals surface area contributed by atoms with Crippen LogP contribution in [0.1, 0.15) is 17.7 Å². The molecule has 0 bridgehead atoms. The zero-order valence-corrected chi connectivity index (χ0v) is 14.8. The van der Waals surface area contributed by atoms with Gasteiger partial charge in [0.2, 0.25) is 0 Å². The molecule has 2 aromatic heterocycles. The lowest BCUT2D eigenvalue weighted by Gasteiger charge is -2.20. The van der Waals surface area contributed by atoms with Gasteiger partial charge in [-0.15, -0.1) is 11.3 Å². The van der Waals surface area contributed by atoms with Gasteiger partial charge in [-0.25, -0.2) is 4.98 Å². The van der Waals surface area contributed by atoms with Crippen LogP contribution in [0.4, 0.5) is 0 Å². The summed E-state index contributed by atoms with van der Waals surface area (Å²) >= 11 is 1.60. The van der Waals surface area contributed by atoms with Crippen molar-refractivity contribution < 1.29 is 9.90 Å². The van der Waals surface area contributed by atoms with Crippen LogP contribution in [0, 0.1) is 6.92 Å². The second-order valence-electron chi connectivity index (χ2n) is 6.75. The average Bonchev–Trinajstić information content (AvgIpc) is 3.25. The van der Waals surface area contributed by atoms with Crippen molar-refractivity contribution in [1.82, 2.24) is 14.3 Å². The molecule has 0 amide bonds. The van der Waals surface area contributed by atoms with Crippen molar-refractivity contribution in [3.05, 3.63) is 47.1 Å². The fourth-order valence-electron chi connectivity index (χ4n) is 3.36. The first-order valence-corrected chi connectivity index (χ1v) is 9.10. The minimum atomic E-state index is -1.15. The molecular weight excluding hydrogens is 336 g/mol. The van der Waals surface area contributed by atoms with Gasteiger partial charge >= 0.3 is 5.97 Å². The van der Waals surface area contributed by atoms with Crippen LogP contribution in [0.15, 0.2) is 35.8 Å². The highest BCUT2D eigenvalue weighted by molar-refractivity contribution is 7.15. The zero-order chi connectivity index (χ0) is 17.6. The lowest BCUT2D eigenvalue weighted by molar-refractivity contribution is -0.142. The molecule has 4 rings (SSSR count). The summed E-state index contributed by atoms with van der Waals surface area (Å²) in [6, 6.07) is 8.33. The first-order valence-electron chi connectivity index (χ1n) is 8.22. The Kier molecular flexibility index (Phi) is 3.87. The van der Waals surface area contributed by atoms with Gasteiger partial charge in [0.15, 0.2) is 4.96 Å². The number of benzene rings is 1. The van der Waals surface area contributed by atoms with Crippen LogP contribution in [-0.4, -0.2) is 44.0 Å². The quantitative estimate of drug-likeness (QED) is 0.750. The number of carbonyl (C=O) groups is 1. The van der Waals surface area contributed by atoms with Crippen LogP contribution in [0.5, 0.6) is 0 Å². The minimum absolute atomic E-state index is 0.354. The van der Waals surface area contributed by atoms with Gasteiger partial charge in [0.25, 0.3) is 0 Å². The van der Waals surface area contributed by atoms with Gasteiger partial charge in [-0.05, 0) is 13.3 Å². The lowest BCUT2D eigenvalue weighted by Crippen LogP contribution is -2.50. The number of aromatic nitrogens is 2. The smallest absolute Gasteiger partial charge is 0.325 e. The summed E-state index contributed by atoms with van der Waals surface area (Å²) in [5.74, 6) is -0.928. The summed E-state index contributed by atoms with van der Waals surface area (Å²) < 4.78 is 2.09. The van der Waals surface area contributed by atoms with Crippen molar-refractivity contribution in [3.63, 3.8) is 0 Å². The predicted octanol–water partition coefficient (Wildman–Crippen LogP) is 2.36. The first-order chi connectivity index (χ1) is 12.0. The Balaban J connectivity index is 1.69. The molecule has 0 spiro atoms. The molecule has 0 aliphatic carbocycles. The molecule has 3 N–H and O–H groups in total. The lowest BCUT2D eigenvalue weighted by atomic mass is 10.0. The van der Waals surface area contributed by atoms with E-state index in [0.717, 1.165) is 21.9 Å². The maximum atomic E-state index is 11.4. The van der Waals surface area contributed by atoms with Crippen LogP contribution in [0.3, 0.4) is 0 Å². The normalized spacial score (nSPS) is 21.2. The fourth-order valence-corrected chi connectivity index (χ4v) is 4.10. The largest absolute Gasteiger partial charge is 0.480 e. The van der Waals surface area contributed by atoms with Crippen LogP contribution >= 0.6 is 11.3 Å². The molecule has 0 radical (unpaired) electrons. The van der Waals surface area contributed by atoms with E-state index in [-0.39, 0.29) is 0 Å². The molecule has 1 fully saturated rings. The zero-order valence-electron chi connectivity index (χ0n) is 14.0. The molecule has 7 heteroatoms. The molecule has 0 saturated carbocycles. The number of rotatable bonds is 4. The Morgan fingerprint density at radius 3 is 2.84 bits per heavy atom. The van der Waals surface area contributed by atoms with Crippen molar-refractivity contribution in [2.75, 3.05) is 13.1 Å². The highest BCUT2D eigenvalue weighted by atomic mass is 32.1. The van der Waals surface area contributed by atoms with Gasteiger partial charge in [-0.1, -0.05) is 29.8 Å². The van der Waals surface area contributed by atoms with Crippen LogP contribution in [0.25, 0.3) is 16.2 Å². The Morgan fingerprint density at radius 2 is 2.16 bits per heavy atom. The molecule has 3 aromatic rings. The summed E-state index contributed by atoms with van der Waals surface area (Å²) in [5.41, 5.74) is 9.19. The van der Waals surface area contributed by atoms with Gasteiger partial charge < -0.3 is 10.8 Å². The minimum Gasteiger partial charge on any atom is -0.480 e. The second kappa shape index (κ2) is 5.94. The van der Waals surface area contributed by atoms with Crippen LogP contribution in [-0.2, 0) is 11.3 Å². The SMILES string of the molecule is Cc1ccc(-c2nc3sccn3c2CN2CC[C@@](N)(C(=O)O)C2)cc1. The molecule has 1 saturated heterocycles. The maximum absolute atomic E-state index is 11.4. The van der Waals surface area contributed by atoms with Crippen LogP contribution in [0.2, 0.25) is 0 Å². The van der Waals surface area contributed by atoms with E-state index in [4.69, 9.17) is 10.7 Å². The van der Waals surface area contributed by atoms with Crippen molar-refractivity contribution >= 4 is 22.3 Å². The number of carboxylic acid groups (broad SMARTS) is 1. The van der Waals surface area contributed by atoms with Gasteiger partial charge in [-0.3, -0.25) is 14.1 Å². The van der Waals surface area contributed by atoms with E-state index in [0.29, 0.717) is 26.1 Å². The molecule has 6 nitrogen and oxygen atoms in total. The number of nitrogens with zero attached hydrogens (tertiary/aromatic N) is 3. The third-order valence-corrected chi connectivity index (χ3v) is 5.62. The predicted molar refractivity (Wildman–Crippen MR) is 97.7 cm³/mol. The fraction of sp³-hybridized carbons (Fsp3) is 0.333. The van der Waals surface area contributed by atoms with Crippen LogP contribution < -0.4 is 5.73 Å². The molecule has 25 heavy (non-hydrogen) atoms. The van der Waals surface area contributed by atoms with E-state index < -0.39 is 11.5 Å². The Bertz CT molecular complexity index is 930. The van der Waals surface area contributed by atoms with Crippen molar-refractivity contribution in [2.45, 2.75) is 25.4 Å². The number of carboxylic acids is 1. The summed E-state index contributed by atoms with van der Waals surface area (Å²) in [6.07, 6.45) is 2.48. The first kappa shape index (κ1) is 16.3. The molecule has 3 heterocycles. The average molecular weight is 356 g/mol. The number of aliphatic carboxylic acids is 1. The standard InChI is InChI=1S/C18H20N4O2S/c1-12-2-4-13(5-3-12)15-14(22-8-9-25-17(22)20-15)10-21-7-6-18(19,11-21)16(23)24/h2-5,8-9H,6-7,10-11,19H2,1H3,(H,23,24)/t18-/m0/s1. The highest BCUT2D eigenvalue weighted by Crippen LogP contribution is 2.30. The molecule has 1 aliphatic rings. The van der Waals surface area contributed by atoms with Gasteiger partial charge in [0.05, 0.1) is 11.4 Å². The maximum Gasteiger partial charge on any atom is 0.325 e. The van der Waals surface area contributed by atoms with Crippen molar-refractivity contribution in [3.8, 4) is 11.3 Å². The number of imidazole rings is 1. The summed E-state index contributed by atoms with van der Waals surface area (Å²) in [5, 5.41) is 11.4. The number of aryl methyl sites for hydroxylation is 1. The Labute approximate surface area is 149 Å². The topological polar surface area (TPSA) is 83.9 Å². The van der Waals surface area contributed by atoms with E-state index >= 15 is 0 Å². The highest BCUT2D eigenvalue weighted by Gasteiger charge is 2.41. The third kappa shape index (κ3) is 2.84. The molecule has 130 valence electrons. The number of likely N-dealkylation sites (tertiary alicyclic amines) is 1. The van der Waals surface area contributed by atoms with Crippen molar-refractivity contribution in [2.24, 2.45) is 5.73 Å². The van der Waals surface area contributed by atoms with Gasteiger partial charge in [-0.2, -0.15) is 0 Å². The Morgan fingerprint density at radius 1 is 1.40 bits per heavy atom. The van der Waals surface area contributed by atoms with E-state index in [9.17, 15) is 9.90 Å². The third-order valence-electron chi connectivity index (χ3n) is 4.87. The Hall–Kier alpha value is -2.22. The molecule has 0 unspecified atom stereocenters. The summed E-state index contributed by atoms with van der Waals surface area (Å²) in [7, 11) is 0. The number of hydrogen-bond acceptors (Lipinski definition) is 5. The number of nitrogens with two attached hydrogens (primary N) is 1. The van der Waals surface area contributed by atoms with Gasteiger partial charge in [0, 0.05) is 36.8 Å². The summed E-state index contributed by atoms with van der Waals surface area (Å²) in [4.78, 5) is 19.2. The second-order valence-corrected chi connectivity index (χ2v) is 7.62. The molecule has 1 aromatic carbocycles. The van der Waals surface area contributed by atoms with Gasteiger partial charge in [0.1, 0.15) is 5.54 Å². The van der Waals surface area contributed by atoms with E-state index in [1.54, 1.807) is 11.3 Å². The monoisotopic (exact) mass is 356 g/mol. The molecule has 1 aliphatic heterocycles. The molecular formula is C18H20N4O2S. The number of hydrogen-bond donors (Lipinski definition) is 2. The van der Waals surface area contributed by atoms with E-state index in [1.165, 1.54) is 5.56 Å². The van der Waals surface area contributed by atoms with Crippen molar-refractivity contribution in [1.29, 1.82) is 0 Å². The summed E-state index contributed by atoms with van der Waals surface area (Å²) in [6.45, 7) is 3.72. The number of thiazole rings is 1. The molecule has 1 atom stereocenters. The number of fused-ring (bicyclic) bond motifs is 1. The van der Waals surface area contributed by atoms with E-state index in [1.807, 2.05) is 11.6 Å². The van der Waals surface area contributed by atoms with E-state index in [2.05, 4.69) is 40.5 Å².